The lowest BCUT2D eigenvalue weighted by atomic mass is 10.1. The molecule has 0 unspecified atom stereocenters. The van der Waals surface area contributed by atoms with E-state index in [1.807, 2.05) is 40.9 Å². The lowest BCUT2D eigenvalue weighted by Crippen LogP contribution is -1.99. The predicted octanol–water partition coefficient (Wildman–Crippen LogP) is 4.47. The van der Waals surface area contributed by atoms with Gasteiger partial charge in [-0.05, 0) is 36.8 Å². The van der Waals surface area contributed by atoms with Gasteiger partial charge in [0.05, 0.1) is 5.69 Å². The summed E-state index contributed by atoms with van der Waals surface area (Å²) in [5, 5.41) is 20.1. The summed E-state index contributed by atoms with van der Waals surface area (Å²) in [7, 11) is 0. The topological polar surface area (TPSA) is 69.1 Å². The Morgan fingerprint density at radius 3 is 2.78 bits per heavy atom. The molecule has 0 aliphatic heterocycles. The molecule has 0 amide bonds. The maximum Gasteiger partial charge on any atom is 0.234 e. The van der Waals surface area contributed by atoms with Crippen molar-refractivity contribution >= 4 is 38.9 Å². The smallest absolute Gasteiger partial charge is 0.234 e. The van der Waals surface area contributed by atoms with E-state index in [0.717, 1.165) is 43.0 Å². The number of aromatic nitrogens is 5. The van der Waals surface area contributed by atoms with Gasteiger partial charge in [0.1, 0.15) is 5.01 Å². The van der Waals surface area contributed by atoms with E-state index in [1.54, 1.807) is 0 Å². The van der Waals surface area contributed by atoms with Crippen LogP contribution in [0.25, 0.3) is 15.9 Å². The molecule has 3 aromatic heterocycles. The first kappa shape index (κ1) is 16.4. The van der Waals surface area contributed by atoms with Gasteiger partial charge in [0, 0.05) is 23.3 Å². The molecule has 0 radical (unpaired) electrons. The van der Waals surface area contributed by atoms with Crippen LogP contribution in [0.3, 0.4) is 0 Å². The third kappa shape index (κ3) is 3.09. The molecule has 0 saturated heterocycles. The van der Waals surface area contributed by atoms with Gasteiger partial charge in [0.25, 0.3) is 0 Å². The normalized spacial score (nSPS) is 11.6. The van der Waals surface area contributed by atoms with Crippen LogP contribution in [0.1, 0.15) is 27.7 Å². The number of hydrogen-bond acceptors (Lipinski definition) is 6. The zero-order valence-corrected chi connectivity index (χ0v) is 16.0. The van der Waals surface area contributed by atoms with Gasteiger partial charge in [-0.1, -0.05) is 51.9 Å². The number of fused-ring (bicyclic) bond motifs is 2. The van der Waals surface area contributed by atoms with E-state index >= 15 is 0 Å². The van der Waals surface area contributed by atoms with Crippen LogP contribution >= 0.6 is 22.9 Å². The van der Waals surface area contributed by atoms with E-state index in [-0.39, 0.29) is 0 Å². The maximum atomic E-state index is 5.95. The van der Waals surface area contributed by atoms with Gasteiger partial charge in [-0.3, -0.25) is 0 Å². The maximum absolute atomic E-state index is 5.95. The average Bonchev–Trinajstić information content (AvgIpc) is 3.34. The van der Waals surface area contributed by atoms with E-state index in [0.29, 0.717) is 12.8 Å². The largest absolute Gasteiger partial charge is 0.356 e. The summed E-state index contributed by atoms with van der Waals surface area (Å²) in [6.45, 7) is 2.06. The average molecular weight is 396 g/mol. The molecule has 2 aromatic carbocycles. The molecule has 27 heavy (non-hydrogen) atoms. The van der Waals surface area contributed by atoms with Crippen molar-refractivity contribution in [2.45, 2.75) is 19.8 Å². The highest BCUT2D eigenvalue weighted by Gasteiger charge is 2.15. The molecule has 0 aliphatic rings. The molecule has 0 N–H and O–H groups in total. The predicted molar refractivity (Wildman–Crippen MR) is 104 cm³/mol. The molecule has 0 fully saturated rings. The van der Waals surface area contributed by atoms with E-state index in [2.05, 4.69) is 28.3 Å². The first-order valence-corrected chi connectivity index (χ1v) is 9.64. The van der Waals surface area contributed by atoms with Crippen LogP contribution in [0.2, 0.25) is 5.02 Å². The summed E-state index contributed by atoms with van der Waals surface area (Å²) in [6.07, 6.45) is 1.25. The minimum Gasteiger partial charge on any atom is -0.356 e. The first-order chi connectivity index (χ1) is 13.2. The van der Waals surface area contributed by atoms with Crippen molar-refractivity contribution in [3.63, 3.8) is 0 Å². The van der Waals surface area contributed by atoms with Crippen molar-refractivity contribution < 1.29 is 4.52 Å². The van der Waals surface area contributed by atoms with E-state index < -0.39 is 0 Å². The molecule has 3 heterocycles. The number of hydrogen-bond donors (Lipinski definition) is 0. The van der Waals surface area contributed by atoms with Gasteiger partial charge in [-0.2, -0.15) is 9.61 Å². The molecule has 0 saturated carbocycles. The summed E-state index contributed by atoms with van der Waals surface area (Å²) < 4.78 is 7.23. The molecule has 0 atom stereocenters. The van der Waals surface area contributed by atoms with Crippen LogP contribution < -0.4 is 0 Å². The molecule has 134 valence electrons. The fourth-order valence-electron chi connectivity index (χ4n) is 3.04. The SMILES string of the molecule is Cc1ccc2onc(Cc3nn4c(Cc5ccc(Cl)cc5)nnc4s3)c2c1. The quantitative estimate of drug-likeness (QED) is 0.449. The second-order valence-corrected chi connectivity index (χ2v) is 7.89. The van der Waals surface area contributed by atoms with Crippen LogP contribution in [0.5, 0.6) is 0 Å². The Bertz CT molecular complexity index is 1250. The minimum absolute atomic E-state index is 0.602. The Morgan fingerprint density at radius 1 is 1.07 bits per heavy atom. The molecule has 0 spiro atoms. The molecule has 6 nitrogen and oxygen atoms in total. The van der Waals surface area contributed by atoms with Crippen LogP contribution in [-0.2, 0) is 12.8 Å². The number of nitrogens with zero attached hydrogens (tertiary/aromatic N) is 5. The number of halogens is 1. The Hall–Kier alpha value is -2.77. The summed E-state index contributed by atoms with van der Waals surface area (Å²) in [4.78, 5) is 0.776. The Morgan fingerprint density at radius 2 is 1.93 bits per heavy atom. The highest BCUT2D eigenvalue weighted by atomic mass is 35.5. The van der Waals surface area contributed by atoms with Crippen LogP contribution in [0.4, 0.5) is 0 Å². The molecule has 5 rings (SSSR count). The summed E-state index contributed by atoms with van der Waals surface area (Å²) >= 11 is 7.47. The van der Waals surface area contributed by atoms with Gasteiger partial charge in [-0.25, -0.2) is 0 Å². The number of benzene rings is 2. The minimum atomic E-state index is 0.602. The van der Waals surface area contributed by atoms with Crippen LogP contribution in [0, 0.1) is 6.92 Å². The van der Waals surface area contributed by atoms with E-state index in [1.165, 1.54) is 16.9 Å². The van der Waals surface area contributed by atoms with Crippen molar-refractivity contribution in [1.29, 1.82) is 0 Å². The van der Waals surface area contributed by atoms with Crippen molar-refractivity contribution in [1.82, 2.24) is 25.0 Å². The Labute approximate surface area is 163 Å². The van der Waals surface area contributed by atoms with Gasteiger partial charge in [0.2, 0.25) is 4.96 Å². The van der Waals surface area contributed by atoms with Crippen LogP contribution in [-0.4, -0.2) is 25.0 Å². The molecule has 0 aliphatic carbocycles. The number of aryl methyl sites for hydroxylation is 1. The molecular weight excluding hydrogens is 382 g/mol. The van der Waals surface area contributed by atoms with Crippen molar-refractivity contribution in [3.8, 4) is 0 Å². The van der Waals surface area contributed by atoms with E-state index in [4.69, 9.17) is 21.2 Å². The standard InChI is InChI=1S/C19H14ClN5OS/c1-11-2-7-16-14(8-11)15(24-26-16)10-18-23-25-17(21-22-19(25)27-18)9-12-3-5-13(20)6-4-12/h2-8H,9-10H2,1H3. The zero-order chi connectivity index (χ0) is 18.4. The fraction of sp³-hybridized carbons (Fsp3) is 0.158. The Kier molecular flexibility index (Phi) is 3.91. The number of rotatable bonds is 4. The Balaban J connectivity index is 1.45. The van der Waals surface area contributed by atoms with Crippen molar-refractivity contribution in [2.24, 2.45) is 0 Å². The van der Waals surface area contributed by atoms with Crippen molar-refractivity contribution in [3.05, 3.63) is 75.1 Å². The van der Waals surface area contributed by atoms with Gasteiger partial charge in [-0.15, -0.1) is 10.2 Å². The van der Waals surface area contributed by atoms with Gasteiger partial charge < -0.3 is 4.52 Å². The summed E-state index contributed by atoms with van der Waals surface area (Å²) in [5.41, 5.74) is 3.97. The monoisotopic (exact) mass is 395 g/mol. The van der Waals surface area contributed by atoms with Gasteiger partial charge >= 0.3 is 0 Å². The lowest BCUT2D eigenvalue weighted by molar-refractivity contribution is 0.448. The van der Waals surface area contributed by atoms with Gasteiger partial charge in [0.15, 0.2) is 11.4 Å². The van der Waals surface area contributed by atoms with Crippen molar-refractivity contribution in [2.75, 3.05) is 0 Å². The second-order valence-electron chi connectivity index (χ2n) is 6.42. The highest BCUT2D eigenvalue weighted by Crippen LogP contribution is 2.24. The lowest BCUT2D eigenvalue weighted by Gasteiger charge is -1.98. The zero-order valence-electron chi connectivity index (χ0n) is 14.4. The fourth-order valence-corrected chi connectivity index (χ4v) is 4.02. The van der Waals surface area contributed by atoms with Crippen LogP contribution in [0.15, 0.2) is 47.0 Å². The molecule has 5 aromatic rings. The first-order valence-electron chi connectivity index (χ1n) is 8.45. The third-order valence-electron chi connectivity index (χ3n) is 4.39. The summed E-state index contributed by atoms with van der Waals surface area (Å²) in [6, 6.07) is 13.8. The third-order valence-corrected chi connectivity index (χ3v) is 5.54. The second kappa shape index (κ2) is 6.44. The molecular formula is C19H14ClN5OS. The molecule has 0 bridgehead atoms. The summed E-state index contributed by atoms with van der Waals surface area (Å²) in [5.74, 6) is 0.802. The highest BCUT2D eigenvalue weighted by molar-refractivity contribution is 7.16. The molecule has 8 heteroatoms. The van der Waals surface area contributed by atoms with E-state index in [9.17, 15) is 0 Å².